The number of amides is 1. The monoisotopic (exact) mass is 512 g/mol. The zero-order valence-electron chi connectivity index (χ0n) is 19.7. The number of benzene rings is 4. The molecule has 0 aliphatic heterocycles. The average Bonchev–Trinajstić information content (AvgIpc) is 2.92. The summed E-state index contributed by atoms with van der Waals surface area (Å²) in [5.74, 6) is 0.164. The molecule has 0 spiro atoms. The SMILES string of the molecule is N#C/C(=C\c1cc(Cl)ccc1OCc1ccc(F)cc1)C(=O)Nc1ccc(OCc2ccccc2)cc1. The first kappa shape index (κ1) is 25.5. The van der Waals surface area contributed by atoms with Gasteiger partial charge >= 0.3 is 0 Å². The zero-order chi connectivity index (χ0) is 26.0. The minimum Gasteiger partial charge on any atom is -0.489 e. The molecule has 0 fully saturated rings. The number of hydrogen-bond acceptors (Lipinski definition) is 4. The lowest BCUT2D eigenvalue weighted by molar-refractivity contribution is -0.112. The third kappa shape index (κ3) is 7.44. The Morgan fingerprint density at radius 3 is 2.27 bits per heavy atom. The fourth-order valence-corrected chi connectivity index (χ4v) is 3.56. The first-order valence-electron chi connectivity index (χ1n) is 11.4. The molecule has 0 saturated heterocycles. The largest absolute Gasteiger partial charge is 0.489 e. The molecule has 0 saturated carbocycles. The number of carbonyl (C=O) groups excluding carboxylic acids is 1. The van der Waals surface area contributed by atoms with Gasteiger partial charge in [-0.05, 0) is 71.8 Å². The van der Waals surface area contributed by atoms with Crippen LogP contribution in [-0.2, 0) is 18.0 Å². The normalized spacial score (nSPS) is 10.9. The van der Waals surface area contributed by atoms with E-state index in [-0.39, 0.29) is 18.0 Å². The number of nitriles is 1. The van der Waals surface area contributed by atoms with Crippen molar-refractivity contribution < 1.29 is 18.7 Å². The van der Waals surface area contributed by atoms with Crippen molar-refractivity contribution in [2.75, 3.05) is 5.32 Å². The molecule has 7 heteroatoms. The van der Waals surface area contributed by atoms with E-state index in [0.29, 0.717) is 34.4 Å². The highest BCUT2D eigenvalue weighted by Crippen LogP contribution is 2.27. The van der Waals surface area contributed by atoms with Crippen LogP contribution in [0.4, 0.5) is 10.1 Å². The van der Waals surface area contributed by atoms with Gasteiger partial charge in [0.15, 0.2) is 0 Å². The van der Waals surface area contributed by atoms with Crippen LogP contribution in [0.3, 0.4) is 0 Å². The van der Waals surface area contributed by atoms with Crippen LogP contribution in [-0.4, -0.2) is 5.91 Å². The van der Waals surface area contributed by atoms with Crippen molar-refractivity contribution in [1.29, 1.82) is 5.26 Å². The van der Waals surface area contributed by atoms with Crippen molar-refractivity contribution in [3.63, 3.8) is 0 Å². The van der Waals surface area contributed by atoms with Gasteiger partial charge in [0.05, 0.1) is 0 Å². The van der Waals surface area contributed by atoms with Gasteiger partial charge in [-0.1, -0.05) is 54.1 Å². The summed E-state index contributed by atoms with van der Waals surface area (Å²) in [7, 11) is 0. The number of nitrogens with zero attached hydrogens (tertiary/aromatic N) is 1. The molecule has 0 unspecified atom stereocenters. The number of halogens is 2. The minimum atomic E-state index is -0.579. The van der Waals surface area contributed by atoms with Crippen molar-refractivity contribution >= 4 is 29.3 Å². The fraction of sp³-hybridized carbons (Fsp3) is 0.0667. The molecule has 184 valence electrons. The Bertz CT molecular complexity index is 1430. The third-order valence-electron chi connectivity index (χ3n) is 5.30. The third-order valence-corrected chi connectivity index (χ3v) is 5.54. The molecule has 5 nitrogen and oxygen atoms in total. The summed E-state index contributed by atoms with van der Waals surface area (Å²) in [6, 6.07) is 29.4. The van der Waals surface area contributed by atoms with Crippen LogP contribution in [0.2, 0.25) is 5.02 Å². The number of hydrogen-bond donors (Lipinski definition) is 1. The highest BCUT2D eigenvalue weighted by atomic mass is 35.5. The highest BCUT2D eigenvalue weighted by Gasteiger charge is 2.12. The van der Waals surface area contributed by atoms with E-state index < -0.39 is 5.91 Å². The van der Waals surface area contributed by atoms with Gasteiger partial charge in [0, 0.05) is 16.3 Å². The van der Waals surface area contributed by atoms with Gasteiger partial charge in [0.2, 0.25) is 0 Å². The van der Waals surface area contributed by atoms with E-state index in [1.807, 2.05) is 36.4 Å². The first-order valence-corrected chi connectivity index (χ1v) is 11.7. The summed E-state index contributed by atoms with van der Waals surface area (Å²) in [6.07, 6.45) is 1.42. The van der Waals surface area contributed by atoms with E-state index in [4.69, 9.17) is 21.1 Å². The molecular weight excluding hydrogens is 491 g/mol. The first-order chi connectivity index (χ1) is 18.0. The maximum Gasteiger partial charge on any atom is 0.266 e. The molecule has 1 N–H and O–H groups in total. The molecule has 4 aromatic carbocycles. The van der Waals surface area contributed by atoms with E-state index in [1.165, 1.54) is 18.2 Å². The molecule has 4 aromatic rings. The van der Waals surface area contributed by atoms with E-state index >= 15 is 0 Å². The molecule has 0 bridgehead atoms. The number of ether oxygens (including phenoxy) is 2. The Labute approximate surface area is 219 Å². The van der Waals surface area contributed by atoms with E-state index in [2.05, 4.69) is 5.32 Å². The topological polar surface area (TPSA) is 71.3 Å². The number of nitrogens with one attached hydrogen (secondary N) is 1. The predicted octanol–water partition coefficient (Wildman–Crippen LogP) is 7.18. The average molecular weight is 513 g/mol. The molecule has 0 radical (unpaired) electrons. The number of anilines is 1. The number of carbonyl (C=O) groups is 1. The van der Waals surface area contributed by atoms with Crippen LogP contribution in [0.5, 0.6) is 11.5 Å². The molecule has 0 aliphatic rings. The van der Waals surface area contributed by atoms with Crippen LogP contribution < -0.4 is 14.8 Å². The Kier molecular flexibility index (Phi) is 8.53. The quantitative estimate of drug-likeness (QED) is 0.190. The Morgan fingerprint density at radius 2 is 1.57 bits per heavy atom. The number of rotatable bonds is 9. The zero-order valence-corrected chi connectivity index (χ0v) is 20.4. The molecule has 0 atom stereocenters. The maximum absolute atomic E-state index is 13.2. The summed E-state index contributed by atoms with van der Waals surface area (Å²) in [5, 5.41) is 12.8. The van der Waals surface area contributed by atoms with E-state index in [0.717, 1.165) is 11.1 Å². The van der Waals surface area contributed by atoms with E-state index in [9.17, 15) is 14.4 Å². The molecule has 1 amide bonds. The van der Waals surface area contributed by atoms with E-state index in [1.54, 1.807) is 54.6 Å². The predicted molar refractivity (Wildman–Crippen MR) is 142 cm³/mol. The summed E-state index contributed by atoms with van der Waals surface area (Å²) in [6.45, 7) is 0.606. The Morgan fingerprint density at radius 1 is 0.892 bits per heavy atom. The van der Waals surface area contributed by atoms with Crippen LogP contribution >= 0.6 is 11.6 Å². The minimum absolute atomic E-state index is 0.127. The lowest BCUT2D eigenvalue weighted by Crippen LogP contribution is -2.13. The summed E-state index contributed by atoms with van der Waals surface area (Å²) >= 11 is 6.15. The van der Waals surface area contributed by atoms with Gasteiger partial charge in [0.1, 0.15) is 42.2 Å². The summed E-state index contributed by atoms with van der Waals surface area (Å²) in [5.41, 5.74) is 2.66. The second-order valence-electron chi connectivity index (χ2n) is 8.02. The van der Waals surface area contributed by atoms with Crippen LogP contribution in [0, 0.1) is 17.1 Å². The standard InChI is InChI=1S/C30H22ClFN2O3/c31-25-8-15-29(37-20-22-6-9-26(32)10-7-22)23(17-25)16-24(18-33)30(35)34-27-11-13-28(14-12-27)36-19-21-4-2-1-3-5-21/h1-17H,19-20H2,(H,34,35)/b24-16+. The van der Waals surface area contributed by atoms with Gasteiger partial charge < -0.3 is 14.8 Å². The van der Waals surface area contributed by atoms with Gasteiger partial charge in [-0.15, -0.1) is 0 Å². The van der Waals surface area contributed by atoms with Crippen LogP contribution in [0.25, 0.3) is 6.08 Å². The highest BCUT2D eigenvalue weighted by molar-refractivity contribution is 6.30. The molecular formula is C30H22ClFN2O3. The second kappa shape index (κ2) is 12.4. The van der Waals surface area contributed by atoms with Crippen LogP contribution in [0.1, 0.15) is 16.7 Å². The van der Waals surface area contributed by atoms with Crippen molar-refractivity contribution in [2.24, 2.45) is 0 Å². The lowest BCUT2D eigenvalue weighted by Gasteiger charge is -2.11. The molecule has 0 aliphatic carbocycles. The second-order valence-corrected chi connectivity index (χ2v) is 8.46. The Balaban J connectivity index is 1.42. The maximum atomic E-state index is 13.2. The smallest absolute Gasteiger partial charge is 0.266 e. The van der Waals surface area contributed by atoms with Crippen LogP contribution in [0.15, 0.2) is 103 Å². The summed E-state index contributed by atoms with van der Waals surface area (Å²) in [4.78, 5) is 12.8. The van der Waals surface area contributed by atoms with Gasteiger partial charge in [-0.2, -0.15) is 5.26 Å². The Hall–Kier alpha value is -4.60. The fourth-order valence-electron chi connectivity index (χ4n) is 3.38. The van der Waals surface area contributed by atoms with Crippen molar-refractivity contribution in [2.45, 2.75) is 13.2 Å². The van der Waals surface area contributed by atoms with Gasteiger partial charge in [-0.25, -0.2) is 4.39 Å². The molecule has 0 aromatic heterocycles. The molecule has 37 heavy (non-hydrogen) atoms. The lowest BCUT2D eigenvalue weighted by atomic mass is 10.1. The van der Waals surface area contributed by atoms with Crippen molar-refractivity contribution in [1.82, 2.24) is 0 Å². The molecule has 4 rings (SSSR count). The van der Waals surface area contributed by atoms with Crippen molar-refractivity contribution in [3.8, 4) is 17.6 Å². The summed E-state index contributed by atoms with van der Waals surface area (Å²) < 4.78 is 24.8. The molecule has 0 heterocycles. The van der Waals surface area contributed by atoms with Gasteiger partial charge in [0.25, 0.3) is 5.91 Å². The van der Waals surface area contributed by atoms with Gasteiger partial charge in [-0.3, -0.25) is 4.79 Å². The van der Waals surface area contributed by atoms with Crippen molar-refractivity contribution in [3.05, 3.63) is 130 Å².